The molecule has 0 fully saturated rings. The van der Waals surface area contributed by atoms with E-state index in [1.54, 1.807) is 35.9 Å². The van der Waals surface area contributed by atoms with Crippen molar-refractivity contribution in [2.45, 2.75) is 45.2 Å². The van der Waals surface area contributed by atoms with Crippen LogP contribution < -0.4 is 10.1 Å². The van der Waals surface area contributed by atoms with Gasteiger partial charge in [0.15, 0.2) is 0 Å². The SMILES string of the molecule is CCN(CC)S(=O)(=O)c1ccc2c(c1)cc(C(=O)NCc1ccc(OC(C)C)cc1)n2C. The third kappa shape index (κ3) is 4.97. The first-order chi connectivity index (χ1) is 15.2. The van der Waals surface area contributed by atoms with Crippen molar-refractivity contribution < 1.29 is 17.9 Å². The average Bonchev–Trinajstić information content (AvgIpc) is 3.09. The topological polar surface area (TPSA) is 80.6 Å². The number of aromatic nitrogens is 1. The molecule has 0 bridgehead atoms. The molecule has 2 aromatic carbocycles. The molecule has 1 aromatic heterocycles. The number of rotatable bonds is 9. The van der Waals surface area contributed by atoms with E-state index < -0.39 is 10.0 Å². The molecular weight excluding hydrogens is 426 g/mol. The molecule has 0 aliphatic heterocycles. The highest BCUT2D eigenvalue weighted by Gasteiger charge is 2.23. The predicted molar refractivity (Wildman–Crippen MR) is 126 cm³/mol. The molecule has 0 unspecified atom stereocenters. The van der Waals surface area contributed by atoms with Gasteiger partial charge in [0.05, 0.1) is 11.0 Å². The van der Waals surface area contributed by atoms with Crippen LogP contribution in [-0.4, -0.2) is 42.4 Å². The molecule has 7 nitrogen and oxygen atoms in total. The molecule has 0 aliphatic rings. The Hall–Kier alpha value is -2.84. The Morgan fingerprint density at radius 2 is 1.72 bits per heavy atom. The van der Waals surface area contributed by atoms with E-state index >= 15 is 0 Å². The molecule has 0 aliphatic carbocycles. The molecule has 3 rings (SSSR count). The molecule has 1 amide bonds. The van der Waals surface area contributed by atoms with Crippen molar-refractivity contribution in [2.24, 2.45) is 7.05 Å². The number of sulfonamides is 1. The molecule has 0 spiro atoms. The Bertz CT molecular complexity index is 1190. The smallest absolute Gasteiger partial charge is 0.268 e. The lowest BCUT2D eigenvalue weighted by Gasteiger charge is -2.18. The minimum Gasteiger partial charge on any atom is -0.491 e. The van der Waals surface area contributed by atoms with Gasteiger partial charge in [-0.2, -0.15) is 4.31 Å². The van der Waals surface area contributed by atoms with E-state index in [0.717, 1.165) is 16.8 Å². The van der Waals surface area contributed by atoms with E-state index in [1.807, 2.05) is 52.0 Å². The number of carbonyl (C=O) groups excluding carboxylic acids is 1. The number of benzene rings is 2. The van der Waals surface area contributed by atoms with Crippen LogP contribution in [0.15, 0.2) is 53.4 Å². The summed E-state index contributed by atoms with van der Waals surface area (Å²) in [6.45, 7) is 8.77. The van der Waals surface area contributed by atoms with Crippen LogP contribution in [0.3, 0.4) is 0 Å². The minimum atomic E-state index is -3.56. The Balaban J connectivity index is 1.78. The molecule has 1 heterocycles. The van der Waals surface area contributed by atoms with Crippen molar-refractivity contribution in [3.05, 3.63) is 59.8 Å². The number of hydrogen-bond acceptors (Lipinski definition) is 4. The fraction of sp³-hybridized carbons (Fsp3) is 0.375. The van der Waals surface area contributed by atoms with Gasteiger partial charge in [-0.25, -0.2) is 8.42 Å². The van der Waals surface area contributed by atoms with Gasteiger partial charge in [-0.05, 0) is 55.8 Å². The number of carbonyl (C=O) groups is 1. The Labute approximate surface area is 190 Å². The molecule has 0 saturated heterocycles. The van der Waals surface area contributed by atoms with E-state index in [-0.39, 0.29) is 16.9 Å². The lowest BCUT2D eigenvalue weighted by atomic mass is 10.2. The number of hydrogen-bond donors (Lipinski definition) is 1. The van der Waals surface area contributed by atoms with Gasteiger partial charge in [-0.15, -0.1) is 0 Å². The van der Waals surface area contributed by atoms with Gasteiger partial charge in [-0.1, -0.05) is 26.0 Å². The van der Waals surface area contributed by atoms with Gasteiger partial charge in [0, 0.05) is 37.6 Å². The normalized spacial score (nSPS) is 12.0. The highest BCUT2D eigenvalue weighted by Crippen LogP contribution is 2.24. The second-order valence-electron chi connectivity index (χ2n) is 7.89. The summed E-state index contributed by atoms with van der Waals surface area (Å²) in [4.78, 5) is 13.1. The summed E-state index contributed by atoms with van der Waals surface area (Å²) in [7, 11) is -1.76. The lowest BCUT2D eigenvalue weighted by Crippen LogP contribution is -2.30. The van der Waals surface area contributed by atoms with Gasteiger partial charge < -0.3 is 14.6 Å². The summed E-state index contributed by atoms with van der Waals surface area (Å²) in [6.07, 6.45) is 0.106. The van der Waals surface area contributed by atoms with Crippen molar-refractivity contribution in [2.75, 3.05) is 13.1 Å². The molecule has 0 atom stereocenters. The zero-order valence-corrected chi connectivity index (χ0v) is 20.1. The minimum absolute atomic E-state index is 0.106. The number of nitrogens with zero attached hydrogens (tertiary/aromatic N) is 2. The average molecular weight is 458 g/mol. The van der Waals surface area contributed by atoms with Crippen molar-refractivity contribution in [3.8, 4) is 5.75 Å². The zero-order chi connectivity index (χ0) is 23.5. The summed E-state index contributed by atoms with van der Waals surface area (Å²) in [5, 5.41) is 3.64. The standard InChI is InChI=1S/C24H31N3O4S/c1-6-27(7-2)32(29,30)21-12-13-22-19(14-21)15-23(26(22)5)24(28)25-16-18-8-10-20(11-9-18)31-17(3)4/h8-15,17H,6-7,16H2,1-5H3,(H,25,28). The van der Waals surface area contributed by atoms with Crippen LogP contribution in [0, 0.1) is 0 Å². The number of nitrogens with one attached hydrogen (secondary N) is 1. The summed E-state index contributed by atoms with van der Waals surface area (Å²) < 4.78 is 34.5. The predicted octanol–water partition coefficient (Wildman–Crippen LogP) is 3.93. The monoisotopic (exact) mass is 457 g/mol. The Morgan fingerprint density at radius 3 is 2.31 bits per heavy atom. The number of ether oxygens (including phenoxy) is 1. The van der Waals surface area contributed by atoms with Gasteiger partial charge >= 0.3 is 0 Å². The summed E-state index contributed by atoms with van der Waals surface area (Å²) in [5.74, 6) is 0.568. The largest absolute Gasteiger partial charge is 0.491 e. The molecule has 8 heteroatoms. The maximum atomic E-state index is 12.8. The van der Waals surface area contributed by atoms with Crippen molar-refractivity contribution in [1.82, 2.24) is 14.2 Å². The second kappa shape index (κ2) is 9.75. The van der Waals surface area contributed by atoms with Crippen LogP contribution in [0.2, 0.25) is 0 Å². The third-order valence-corrected chi connectivity index (χ3v) is 7.38. The van der Waals surface area contributed by atoms with E-state index in [2.05, 4.69) is 5.32 Å². The lowest BCUT2D eigenvalue weighted by molar-refractivity contribution is 0.0943. The Kier molecular flexibility index (Phi) is 7.26. The number of fused-ring (bicyclic) bond motifs is 1. The fourth-order valence-electron chi connectivity index (χ4n) is 3.65. The molecule has 172 valence electrons. The quantitative estimate of drug-likeness (QED) is 0.528. The van der Waals surface area contributed by atoms with Gasteiger partial charge in [-0.3, -0.25) is 4.79 Å². The summed E-state index contributed by atoms with van der Waals surface area (Å²) in [5.41, 5.74) is 2.22. The molecular formula is C24H31N3O4S. The first-order valence-electron chi connectivity index (χ1n) is 10.8. The van der Waals surface area contributed by atoms with Crippen molar-refractivity contribution in [1.29, 1.82) is 0 Å². The fourth-order valence-corrected chi connectivity index (χ4v) is 5.14. The zero-order valence-electron chi connectivity index (χ0n) is 19.3. The van der Waals surface area contributed by atoms with Crippen molar-refractivity contribution >= 4 is 26.8 Å². The maximum Gasteiger partial charge on any atom is 0.268 e. The number of amides is 1. The molecule has 1 N–H and O–H groups in total. The van der Waals surface area contributed by atoms with E-state index in [9.17, 15) is 13.2 Å². The van der Waals surface area contributed by atoms with Gasteiger partial charge in [0.25, 0.3) is 5.91 Å². The van der Waals surface area contributed by atoms with Crippen LogP contribution in [-0.2, 0) is 23.6 Å². The molecule has 0 radical (unpaired) electrons. The highest BCUT2D eigenvalue weighted by atomic mass is 32.2. The van der Waals surface area contributed by atoms with Gasteiger partial charge in [0.2, 0.25) is 10.0 Å². The number of aryl methyl sites for hydroxylation is 1. The van der Waals surface area contributed by atoms with E-state index in [4.69, 9.17) is 4.74 Å². The second-order valence-corrected chi connectivity index (χ2v) is 9.83. The van der Waals surface area contributed by atoms with Crippen LogP contribution >= 0.6 is 0 Å². The third-order valence-electron chi connectivity index (χ3n) is 5.34. The Morgan fingerprint density at radius 1 is 1.06 bits per heavy atom. The van der Waals surface area contributed by atoms with Crippen LogP contribution in [0.5, 0.6) is 5.75 Å². The molecule has 0 saturated carbocycles. The summed E-state index contributed by atoms with van der Waals surface area (Å²) >= 11 is 0. The van der Waals surface area contributed by atoms with E-state index in [0.29, 0.717) is 30.7 Å². The molecule has 3 aromatic rings. The van der Waals surface area contributed by atoms with Gasteiger partial charge in [0.1, 0.15) is 11.4 Å². The first-order valence-corrected chi connectivity index (χ1v) is 12.2. The van der Waals surface area contributed by atoms with Crippen molar-refractivity contribution in [3.63, 3.8) is 0 Å². The molecule has 32 heavy (non-hydrogen) atoms. The summed E-state index contributed by atoms with van der Waals surface area (Å²) in [6, 6.07) is 14.3. The first kappa shape index (κ1) is 23.8. The highest BCUT2D eigenvalue weighted by molar-refractivity contribution is 7.89. The van der Waals surface area contributed by atoms with Crippen LogP contribution in [0.25, 0.3) is 10.9 Å². The van der Waals surface area contributed by atoms with E-state index in [1.165, 1.54) is 4.31 Å². The van der Waals surface area contributed by atoms with Crippen LogP contribution in [0.1, 0.15) is 43.7 Å². The maximum absolute atomic E-state index is 12.8. The van der Waals surface area contributed by atoms with Crippen LogP contribution in [0.4, 0.5) is 0 Å².